The summed E-state index contributed by atoms with van der Waals surface area (Å²) in [6, 6.07) is 84.0. The fourth-order valence-corrected chi connectivity index (χ4v) is 14.3. The molecular weight excluding hydrogens is 1250 g/mol. The second-order valence-corrected chi connectivity index (χ2v) is 26.0. The van der Waals surface area contributed by atoms with Crippen molar-refractivity contribution in [3.8, 4) is 55.9 Å². The second-order valence-electron chi connectivity index (χ2n) is 25.2. The van der Waals surface area contributed by atoms with Crippen molar-refractivity contribution in [1.82, 2.24) is 29.9 Å². The lowest BCUT2D eigenvalue weighted by Crippen LogP contribution is -2.41. The molecule has 12 heteroatoms. The van der Waals surface area contributed by atoms with E-state index in [2.05, 4.69) is 223 Å². The highest BCUT2D eigenvalue weighted by Crippen LogP contribution is 2.46. The second kappa shape index (κ2) is 23.6. The van der Waals surface area contributed by atoms with Crippen LogP contribution < -0.4 is 5.46 Å². The summed E-state index contributed by atoms with van der Waals surface area (Å²) >= 11 is 3.77. The molecule has 0 unspecified atom stereocenters. The molecule has 19 rings (SSSR count). The molecule has 1 aliphatic heterocycles. The molecule has 18 aromatic rings. The van der Waals surface area contributed by atoms with E-state index in [4.69, 9.17) is 38.1 Å². The maximum atomic E-state index is 6.18. The number of hydrogen-bond donors (Lipinski definition) is 0. The molecule has 1 saturated heterocycles. The smallest absolute Gasteiger partial charge is 0.436 e. The number of fused-ring (bicyclic) bond motifs is 14. The average molecular weight is 1310 g/mol. The fraction of sp³-hybridized carbons (Fsp3) is 0.0714. The van der Waals surface area contributed by atoms with Crippen LogP contribution in [0.1, 0.15) is 27.7 Å². The minimum Gasteiger partial charge on any atom is -0.436 e. The van der Waals surface area contributed by atoms with Crippen molar-refractivity contribution in [3.05, 3.63) is 284 Å². The highest BCUT2D eigenvalue weighted by atomic mass is 79.9. The zero-order valence-corrected chi connectivity index (χ0v) is 54.4. The molecule has 458 valence electrons. The molecule has 0 amide bonds. The first-order chi connectivity index (χ1) is 47.0. The van der Waals surface area contributed by atoms with E-state index in [-0.39, 0.29) is 18.3 Å². The fourth-order valence-electron chi connectivity index (χ4n) is 13.6. The third-order valence-corrected chi connectivity index (χ3v) is 19.9. The van der Waals surface area contributed by atoms with Crippen molar-refractivity contribution < 1.29 is 18.1 Å². The van der Waals surface area contributed by atoms with E-state index in [1.54, 1.807) is 0 Å². The van der Waals surface area contributed by atoms with Gasteiger partial charge < -0.3 is 18.1 Å². The topological polar surface area (TPSA) is 122 Å². The van der Waals surface area contributed by atoms with E-state index in [0.29, 0.717) is 11.4 Å². The summed E-state index contributed by atoms with van der Waals surface area (Å²) in [6.07, 6.45) is 11.2. The monoisotopic (exact) mass is 1300 g/mol. The molecule has 0 aliphatic carbocycles. The molecule has 10 nitrogen and oxygen atoms in total. The SMILES string of the molecule is Brc1c2ccccc2c(-c2cccnc2)c2ccccc12.CC1(C)OB(c2ccc(-c3cnc4c(n3)oc3ccc5ccccc5c34)cc2)OC1(C)C.c1cncc(-c2c3ccccc3c(-c3ccc(-c4cnc5c(n4)oc4ccc6ccccc6c45)cc3)c3ccccc23)c1. The third kappa shape index (κ3) is 10.1. The van der Waals surface area contributed by atoms with Gasteiger partial charge in [0, 0.05) is 51.5 Å². The highest BCUT2D eigenvalue weighted by Gasteiger charge is 2.51. The normalized spacial score (nSPS) is 13.5. The number of rotatable bonds is 6. The van der Waals surface area contributed by atoms with Gasteiger partial charge in [-0.2, -0.15) is 0 Å². The number of halogens is 1. The van der Waals surface area contributed by atoms with Crippen molar-refractivity contribution in [2.24, 2.45) is 0 Å². The van der Waals surface area contributed by atoms with E-state index in [0.717, 1.165) is 104 Å². The lowest BCUT2D eigenvalue weighted by Gasteiger charge is -2.32. The van der Waals surface area contributed by atoms with Crippen molar-refractivity contribution in [1.29, 1.82) is 0 Å². The van der Waals surface area contributed by atoms with Crippen LogP contribution in [0.2, 0.25) is 0 Å². The zero-order valence-electron chi connectivity index (χ0n) is 52.8. The van der Waals surface area contributed by atoms with Crippen LogP contribution in [0.4, 0.5) is 0 Å². The van der Waals surface area contributed by atoms with E-state index < -0.39 is 0 Å². The van der Waals surface area contributed by atoms with E-state index in [9.17, 15) is 0 Å². The summed E-state index contributed by atoms with van der Waals surface area (Å²) in [7, 11) is -0.383. The summed E-state index contributed by atoms with van der Waals surface area (Å²) in [5.41, 5.74) is 15.1. The van der Waals surface area contributed by atoms with E-state index in [1.807, 2.05) is 110 Å². The van der Waals surface area contributed by atoms with Crippen molar-refractivity contribution in [2.45, 2.75) is 38.9 Å². The van der Waals surface area contributed by atoms with Gasteiger partial charge in [-0.05, 0) is 160 Å². The Balaban J connectivity index is 0.000000116. The van der Waals surface area contributed by atoms with Gasteiger partial charge >= 0.3 is 7.12 Å². The number of furan rings is 2. The van der Waals surface area contributed by atoms with Crippen molar-refractivity contribution in [3.63, 3.8) is 0 Å². The Kier molecular flexibility index (Phi) is 14.4. The molecule has 0 N–H and O–H groups in total. The Labute approximate surface area is 561 Å². The van der Waals surface area contributed by atoms with E-state index in [1.165, 1.54) is 59.8 Å². The van der Waals surface area contributed by atoms with Crippen LogP contribution in [0.5, 0.6) is 0 Å². The molecule has 1 fully saturated rings. The molecular formula is C84H58BBrN6O4. The summed E-state index contributed by atoms with van der Waals surface area (Å²) in [4.78, 5) is 27.9. The van der Waals surface area contributed by atoms with Gasteiger partial charge in [-0.3, -0.25) is 9.97 Å². The Morgan fingerprint density at radius 1 is 0.333 bits per heavy atom. The molecule has 1 aliphatic rings. The van der Waals surface area contributed by atoms with Crippen LogP contribution in [-0.4, -0.2) is 48.2 Å². The molecule has 0 atom stereocenters. The predicted octanol–water partition coefficient (Wildman–Crippen LogP) is 21.5. The van der Waals surface area contributed by atoms with Gasteiger partial charge in [0.25, 0.3) is 0 Å². The molecule has 0 spiro atoms. The summed E-state index contributed by atoms with van der Waals surface area (Å²) < 4.78 is 25.7. The molecule has 0 radical (unpaired) electrons. The Bertz CT molecular complexity index is 5930. The number of benzene rings is 12. The summed E-state index contributed by atoms with van der Waals surface area (Å²) in [6.45, 7) is 8.23. The predicted molar refractivity (Wildman–Crippen MR) is 396 cm³/mol. The summed E-state index contributed by atoms with van der Waals surface area (Å²) in [5.74, 6) is 0. The highest BCUT2D eigenvalue weighted by molar-refractivity contribution is 9.10. The Morgan fingerprint density at radius 2 is 0.688 bits per heavy atom. The molecule has 0 saturated carbocycles. The van der Waals surface area contributed by atoms with Crippen LogP contribution in [0.3, 0.4) is 0 Å². The van der Waals surface area contributed by atoms with Gasteiger partial charge in [0.15, 0.2) is 0 Å². The Hall–Kier alpha value is -11.3. The minimum absolute atomic E-state index is 0.363. The van der Waals surface area contributed by atoms with Gasteiger partial charge in [0.2, 0.25) is 11.4 Å². The number of hydrogen-bond acceptors (Lipinski definition) is 10. The van der Waals surface area contributed by atoms with Gasteiger partial charge in [-0.15, -0.1) is 0 Å². The third-order valence-electron chi connectivity index (χ3n) is 19.0. The molecule has 96 heavy (non-hydrogen) atoms. The van der Waals surface area contributed by atoms with Gasteiger partial charge in [0.1, 0.15) is 22.2 Å². The van der Waals surface area contributed by atoms with Gasteiger partial charge in [-0.1, -0.05) is 218 Å². The zero-order chi connectivity index (χ0) is 64.7. The first kappa shape index (κ1) is 58.5. The first-order valence-corrected chi connectivity index (χ1v) is 32.9. The molecule has 0 bridgehead atoms. The van der Waals surface area contributed by atoms with Gasteiger partial charge in [0.05, 0.1) is 45.8 Å². The van der Waals surface area contributed by atoms with Crippen LogP contribution in [0, 0.1) is 0 Å². The lowest BCUT2D eigenvalue weighted by molar-refractivity contribution is 0.00578. The van der Waals surface area contributed by atoms with Gasteiger partial charge in [-0.25, -0.2) is 19.9 Å². The maximum Gasteiger partial charge on any atom is 0.494 e. The number of pyridine rings is 2. The van der Waals surface area contributed by atoms with Crippen molar-refractivity contribution in [2.75, 3.05) is 0 Å². The van der Waals surface area contributed by atoms with Crippen molar-refractivity contribution >= 4 is 138 Å². The molecule has 6 aromatic heterocycles. The summed E-state index contributed by atoms with van der Waals surface area (Å²) in [5, 5.41) is 16.4. The largest absolute Gasteiger partial charge is 0.494 e. The van der Waals surface area contributed by atoms with Crippen LogP contribution in [0.15, 0.2) is 293 Å². The Morgan fingerprint density at radius 3 is 1.09 bits per heavy atom. The van der Waals surface area contributed by atoms with Crippen LogP contribution >= 0.6 is 15.9 Å². The molecule has 7 heterocycles. The van der Waals surface area contributed by atoms with Crippen LogP contribution in [0.25, 0.3) is 165 Å². The maximum absolute atomic E-state index is 6.18. The first-order valence-electron chi connectivity index (χ1n) is 32.1. The standard InChI is InChI=1S/C39H23N3O.C26H23BN2O3.C19H12BrN/c1-2-10-28-24(8-1)19-20-34-37(28)38-39(43-34)42-33(23-41-38)25-15-17-26(18-16-25)35-29-11-3-5-13-31(29)36(27-9-7-21-40-22-27)32-14-6-4-12-30(32)35;1-25(2)26(3,4)32-27(31-25)18-12-9-17(10-13-18)20-15-28-23-22-19-8-6-5-7-16(19)11-14-21(22)30-24(23)29-20;20-19-16-9-3-1-7-14(16)18(13-6-5-11-21-12-13)15-8-2-4-10-17(15)19/h1-23H;5-15H,1-4H3;1-12H. The van der Waals surface area contributed by atoms with E-state index >= 15 is 0 Å². The lowest BCUT2D eigenvalue weighted by atomic mass is 9.79. The average Bonchev–Trinajstić information content (AvgIpc) is 0.884. The number of nitrogens with zero attached hydrogens (tertiary/aromatic N) is 6. The minimum atomic E-state index is -0.383. The quantitative estimate of drug-likeness (QED) is 0.117. The molecule has 12 aromatic carbocycles. The van der Waals surface area contributed by atoms with Crippen LogP contribution in [-0.2, 0) is 9.31 Å². The number of aromatic nitrogens is 6.